The van der Waals surface area contributed by atoms with Crippen molar-refractivity contribution in [1.29, 1.82) is 0 Å². The van der Waals surface area contributed by atoms with Crippen LogP contribution in [-0.4, -0.2) is 25.1 Å². The van der Waals surface area contributed by atoms with Gasteiger partial charge in [0.2, 0.25) is 0 Å². The molecule has 1 aliphatic rings. The van der Waals surface area contributed by atoms with Crippen LogP contribution in [0.2, 0.25) is 0 Å². The molecule has 2 rings (SSSR count). The fourth-order valence-corrected chi connectivity index (χ4v) is 1.96. The van der Waals surface area contributed by atoms with Crippen LogP contribution in [0.25, 0.3) is 0 Å². The molecule has 18 heavy (non-hydrogen) atoms. The molecule has 0 radical (unpaired) electrons. The molecule has 1 aromatic rings. The summed E-state index contributed by atoms with van der Waals surface area (Å²) in [7, 11) is 0. The Morgan fingerprint density at radius 3 is 2.67 bits per heavy atom. The quantitative estimate of drug-likeness (QED) is 0.616. The van der Waals surface area contributed by atoms with Crippen molar-refractivity contribution >= 4 is 5.96 Å². The Kier molecular flexibility index (Phi) is 4.62. The van der Waals surface area contributed by atoms with Crippen LogP contribution in [0.1, 0.15) is 25.8 Å². The van der Waals surface area contributed by atoms with Gasteiger partial charge in [-0.15, -0.1) is 0 Å². The summed E-state index contributed by atoms with van der Waals surface area (Å²) in [5.74, 6) is 1.76. The van der Waals surface area contributed by atoms with Crippen LogP contribution in [0.4, 0.5) is 0 Å². The second-order valence-corrected chi connectivity index (χ2v) is 4.96. The Morgan fingerprint density at radius 1 is 1.33 bits per heavy atom. The van der Waals surface area contributed by atoms with E-state index in [-0.39, 0.29) is 0 Å². The van der Waals surface area contributed by atoms with Crippen LogP contribution in [0.5, 0.6) is 0 Å². The minimum absolute atomic E-state index is 0.625. The molecule has 2 unspecified atom stereocenters. The van der Waals surface area contributed by atoms with Crippen molar-refractivity contribution in [2.75, 3.05) is 13.1 Å². The second-order valence-electron chi connectivity index (χ2n) is 4.96. The van der Waals surface area contributed by atoms with Gasteiger partial charge in [-0.1, -0.05) is 37.3 Å². The van der Waals surface area contributed by atoms with Crippen molar-refractivity contribution < 1.29 is 0 Å². The van der Waals surface area contributed by atoms with Gasteiger partial charge in [-0.25, -0.2) is 0 Å². The van der Waals surface area contributed by atoms with Crippen LogP contribution in [0, 0.1) is 5.92 Å². The molecule has 2 atom stereocenters. The third-order valence-corrected chi connectivity index (χ3v) is 3.29. The van der Waals surface area contributed by atoms with Crippen molar-refractivity contribution in [3.63, 3.8) is 0 Å². The average molecular weight is 245 g/mol. The van der Waals surface area contributed by atoms with Crippen molar-refractivity contribution in [1.82, 2.24) is 10.6 Å². The Labute approximate surface area is 110 Å². The summed E-state index contributed by atoms with van der Waals surface area (Å²) in [5, 5.41) is 6.77. The normalized spacial score (nSPS) is 22.7. The standard InChI is InChI=1S/C15H23N3/c1-3-16-15(18-14-11-12(14)2)17-10-9-13-7-5-4-6-8-13/h4-8,12,14H,3,9-11H2,1-2H3,(H2,16,17,18). The average Bonchev–Trinajstić information content (AvgIpc) is 3.06. The number of nitrogens with one attached hydrogen (secondary N) is 2. The first-order chi connectivity index (χ1) is 8.79. The van der Waals surface area contributed by atoms with Crippen molar-refractivity contribution in [2.24, 2.45) is 10.9 Å². The van der Waals surface area contributed by atoms with Gasteiger partial charge >= 0.3 is 0 Å². The third kappa shape index (κ3) is 4.06. The zero-order chi connectivity index (χ0) is 12.8. The van der Waals surface area contributed by atoms with Crippen LogP contribution < -0.4 is 10.6 Å². The maximum Gasteiger partial charge on any atom is 0.191 e. The van der Waals surface area contributed by atoms with Gasteiger partial charge in [0.15, 0.2) is 5.96 Å². The number of nitrogens with zero attached hydrogens (tertiary/aromatic N) is 1. The van der Waals surface area contributed by atoms with Crippen LogP contribution in [0.15, 0.2) is 35.3 Å². The van der Waals surface area contributed by atoms with Gasteiger partial charge in [-0.2, -0.15) is 0 Å². The molecule has 1 aliphatic carbocycles. The molecular formula is C15H23N3. The first kappa shape index (κ1) is 12.9. The number of hydrogen-bond donors (Lipinski definition) is 2. The molecule has 2 N–H and O–H groups in total. The summed E-state index contributed by atoms with van der Waals surface area (Å²) < 4.78 is 0. The topological polar surface area (TPSA) is 36.4 Å². The van der Waals surface area contributed by atoms with Gasteiger partial charge in [0.1, 0.15) is 0 Å². The lowest BCUT2D eigenvalue weighted by Crippen LogP contribution is -2.39. The molecule has 98 valence electrons. The summed E-state index contributed by atoms with van der Waals surface area (Å²) in [6.07, 6.45) is 2.26. The predicted molar refractivity (Wildman–Crippen MR) is 76.8 cm³/mol. The van der Waals surface area contributed by atoms with Gasteiger partial charge in [0, 0.05) is 19.1 Å². The monoisotopic (exact) mass is 245 g/mol. The number of benzene rings is 1. The van der Waals surface area contributed by atoms with E-state index in [1.54, 1.807) is 0 Å². The molecule has 0 heterocycles. The van der Waals surface area contributed by atoms with E-state index in [0.29, 0.717) is 6.04 Å². The predicted octanol–water partition coefficient (Wildman–Crippen LogP) is 2.19. The molecule has 3 heteroatoms. The largest absolute Gasteiger partial charge is 0.357 e. The van der Waals surface area contributed by atoms with E-state index in [1.165, 1.54) is 12.0 Å². The SMILES string of the molecule is CCNC(=NCCc1ccccc1)NC1CC1C. The number of rotatable bonds is 5. The molecular weight excluding hydrogens is 222 g/mol. The molecule has 0 bridgehead atoms. The van der Waals surface area contributed by atoms with Gasteiger partial charge in [-0.3, -0.25) is 4.99 Å². The van der Waals surface area contributed by atoms with E-state index in [0.717, 1.165) is 31.4 Å². The zero-order valence-corrected chi connectivity index (χ0v) is 11.3. The van der Waals surface area contributed by atoms with Crippen molar-refractivity contribution in [3.05, 3.63) is 35.9 Å². The highest BCUT2D eigenvalue weighted by molar-refractivity contribution is 5.80. The summed E-state index contributed by atoms with van der Waals surface area (Å²) in [6, 6.07) is 11.1. The molecule has 1 saturated carbocycles. The zero-order valence-electron chi connectivity index (χ0n) is 11.3. The van der Waals surface area contributed by atoms with Crippen molar-refractivity contribution in [3.8, 4) is 0 Å². The van der Waals surface area contributed by atoms with Crippen LogP contribution in [-0.2, 0) is 6.42 Å². The summed E-state index contributed by atoms with van der Waals surface area (Å²) >= 11 is 0. The molecule has 0 spiro atoms. The molecule has 0 aromatic heterocycles. The number of aliphatic imine (C=N–C) groups is 1. The van der Waals surface area contributed by atoms with Gasteiger partial charge in [-0.05, 0) is 31.2 Å². The van der Waals surface area contributed by atoms with Gasteiger partial charge in [0.25, 0.3) is 0 Å². The summed E-state index contributed by atoms with van der Waals surface area (Å²) in [6.45, 7) is 6.12. The Balaban J connectivity index is 1.80. The molecule has 1 aromatic carbocycles. The highest BCUT2D eigenvalue weighted by Gasteiger charge is 2.33. The molecule has 0 saturated heterocycles. The smallest absolute Gasteiger partial charge is 0.191 e. The maximum absolute atomic E-state index is 4.62. The minimum atomic E-state index is 0.625. The number of hydrogen-bond acceptors (Lipinski definition) is 1. The lowest BCUT2D eigenvalue weighted by Gasteiger charge is -2.10. The van der Waals surface area contributed by atoms with Crippen molar-refractivity contribution in [2.45, 2.75) is 32.7 Å². The second kappa shape index (κ2) is 6.43. The fourth-order valence-electron chi connectivity index (χ4n) is 1.96. The van der Waals surface area contributed by atoms with E-state index in [4.69, 9.17) is 0 Å². The summed E-state index contributed by atoms with van der Waals surface area (Å²) in [4.78, 5) is 4.62. The molecule has 0 aliphatic heterocycles. The maximum atomic E-state index is 4.62. The Bertz CT molecular complexity index is 386. The van der Waals surface area contributed by atoms with Crippen LogP contribution >= 0.6 is 0 Å². The van der Waals surface area contributed by atoms with Gasteiger partial charge < -0.3 is 10.6 Å². The first-order valence-corrected chi connectivity index (χ1v) is 6.88. The van der Waals surface area contributed by atoms with E-state index >= 15 is 0 Å². The van der Waals surface area contributed by atoms with E-state index in [1.807, 2.05) is 6.07 Å². The van der Waals surface area contributed by atoms with Gasteiger partial charge in [0.05, 0.1) is 0 Å². The van der Waals surface area contributed by atoms with E-state index < -0.39 is 0 Å². The molecule has 0 amide bonds. The lowest BCUT2D eigenvalue weighted by atomic mass is 10.2. The highest BCUT2D eigenvalue weighted by atomic mass is 15.2. The van der Waals surface area contributed by atoms with E-state index in [2.05, 4.69) is 53.7 Å². The third-order valence-electron chi connectivity index (χ3n) is 3.29. The molecule has 3 nitrogen and oxygen atoms in total. The lowest BCUT2D eigenvalue weighted by molar-refractivity contribution is 0.765. The highest BCUT2D eigenvalue weighted by Crippen LogP contribution is 2.28. The Hall–Kier alpha value is -1.51. The van der Waals surface area contributed by atoms with Crippen LogP contribution in [0.3, 0.4) is 0 Å². The fraction of sp³-hybridized carbons (Fsp3) is 0.533. The minimum Gasteiger partial charge on any atom is -0.357 e. The Morgan fingerprint density at radius 2 is 2.06 bits per heavy atom. The number of guanidine groups is 1. The summed E-state index contributed by atoms with van der Waals surface area (Å²) in [5.41, 5.74) is 1.34. The van der Waals surface area contributed by atoms with E-state index in [9.17, 15) is 0 Å². The first-order valence-electron chi connectivity index (χ1n) is 6.88. The molecule has 1 fully saturated rings.